The van der Waals surface area contributed by atoms with Gasteiger partial charge in [-0.3, -0.25) is 9.98 Å². The van der Waals surface area contributed by atoms with Gasteiger partial charge < -0.3 is 18.9 Å². The Morgan fingerprint density at radius 1 is 0.406 bits per heavy atom. The minimum absolute atomic E-state index is 0.180. The topological polar surface area (TPSA) is 130 Å². The molecule has 0 saturated heterocycles. The van der Waals surface area contributed by atoms with Crippen LogP contribution in [-0.4, -0.2) is 49.5 Å². The number of esters is 4. The number of unbranched alkanes of at least 4 members (excludes halogenated alkanes) is 12. The van der Waals surface area contributed by atoms with Crippen LogP contribution in [0.25, 0.3) is 0 Å². The van der Waals surface area contributed by atoms with Gasteiger partial charge in [-0.15, -0.1) is 0 Å². The zero-order valence-corrected chi connectivity index (χ0v) is 37.2. The molecule has 5 aromatic rings. The number of aliphatic imine (C=N–C) groups is 2. The van der Waals surface area contributed by atoms with Crippen molar-refractivity contribution in [2.45, 2.75) is 104 Å². The molecule has 0 aliphatic heterocycles. The molecule has 0 spiro atoms. The summed E-state index contributed by atoms with van der Waals surface area (Å²) in [5.74, 6) is -1.31. The lowest BCUT2D eigenvalue weighted by Gasteiger charge is -2.07. The molecule has 10 heteroatoms. The zero-order chi connectivity index (χ0) is 45.2. The van der Waals surface area contributed by atoms with Crippen molar-refractivity contribution in [2.75, 3.05) is 13.2 Å². The predicted molar refractivity (Wildman–Crippen MR) is 253 cm³/mol. The van der Waals surface area contributed by atoms with Crippen LogP contribution in [0.5, 0.6) is 11.5 Å². The van der Waals surface area contributed by atoms with Crippen molar-refractivity contribution in [2.24, 2.45) is 9.98 Å². The Balaban J connectivity index is 1.02. The summed E-state index contributed by atoms with van der Waals surface area (Å²) in [7, 11) is 0. The fourth-order valence-corrected chi connectivity index (χ4v) is 6.63. The lowest BCUT2D eigenvalue weighted by atomic mass is 10.1. The first-order valence-corrected chi connectivity index (χ1v) is 22.7. The SMILES string of the molecule is CCCCCCCCCOC(=O)c1ccc(C=Nc2ccc(OC(=O)c3cccc(C(=O)Oc4ccc(N=Cc5ccc(C(=O)OCCCCCCCCC)cc5)cc4)c3)cc2)cc1. The molecule has 0 radical (unpaired) electrons. The van der Waals surface area contributed by atoms with Crippen LogP contribution in [0.15, 0.2) is 131 Å². The molecule has 0 aromatic heterocycles. The van der Waals surface area contributed by atoms with Gasteiger partial charge in [-0.25, -0.2) is 19.2 Å². The maximum Gasteiger partial charge on any atom is 0.343 e. The number of nitrogens with zero attached hydrogens (tertiary/aromatic N) is 2. The van der Waals surface area contributed by atoms with Gasteiger partial charge in [-0.2, -0.15) is 0 Å². The Hall–Kier alpha value is -6.68. The monoisotopic (exact) mass is 864 g/mol. The third-order valence-electron chi connectivity index (χ3n) is 10.4. The Kier molecular flexibility index (Phi) is 20.7. The Labute approximate surface area is 377 Å². The summed E-state index contributed by atoms with van der Waals surface area (Å²) in [5, 5.41) is 0. The average Bonchev–Trinajstić information content (AvgIpc) is 3.33. The highest BCUT2D eigenvalue weighted by molar-refractivity contribution is 5.97. The highest BCUT2D eigenvalue weighted by Gasteiger charge is 2.15. The molecule has 0 aliphatic rings. The van der Waals surface area contributed by atoms with Crippen LogP contribution in [0, 0.1) is 0 Å². The molecular formula is C54H60N2O8. The molecule has 10 nitrogen and oxygen atoms in total. The molecule has 0 atom stereocenters. The number of carbonyl (C=O) groups excluding carboxylic acids is 4. The third kappa shape index (κ3) is 17.2. The largest absolute Gasteiger partial charge is 0.462 e. The van der Waals surface area contributed by atoms with Crippen molar-refractivity contribution < 1.29 is 38.1 Å². The van der Waals surface area contributed by atoms with E-state index < -0.39 is 11.9 Å². The van der Waals surface area contributed by atoms with Gasteiger partial charge in [0.15, 0.2) is 0 Å². The number of carbonyl (C=O) groups is 4. The van der Waals surface area contributed by atoms with E-state index in [9.17, 15) is 19.2 Å². The van der Waals surface area contributed by atoms with Crippen LogP contribution in [0.3, 0.4) is 0 Å². The smallest absolute Gasteiger partial charge is 0.343 e. The molecule has 0 unspecified atom stereocenters. The van der Waals surface area contributed by atoms with Gasteiger partial charge >= 0.3 is 23.9 Å². The van der Waals surface area contributed by atoms with Crippen molar-refractivity contribution in [3.05, 3.63) is 155 Å². The van der Waals surface area contributed by atoms with Crippen molar-refractivity contribution >= 4 is 47.7 Å². The molecule has 0 heterocycles. The summed E-state index contributed by atoms with van der Waals surface area (Å²) in [5.41, 5.74) is 4.26. The lowest BCUT2D eigenvalue weighted by molar-refractivity contribution is 0.0488. The minimum Gasteiger partial charge on any atom is -0.462 e. The van der Waals surface area contributed by atoms with Crippen LogP contribution >= 0.6 is 0 Å². The number of benzene rings is 5. The van der Waals surface area contributed by atoms with E-state index >= 15 is 0 Å². The first-order valence-electron chi connectivity index (χ1n) is 22.7. The van der Waals surface area contributed by atoms with Gasteiger partial charge in [-0.05, 0) is 115 Å². The molecule has 64 heavy (non-hydrogen) atoms. The predicted octanol–water partition coefficient (Wildman–Crippen LogP) is 13.4. The van der Waals surface area contributed by atoms with Crippen LogP contribution in [0.4, 0.5) is 11.4 Å². The summed E-state index contributed by atoms with van der Waals surface area (Å²) >= 11 is 0. The number of ether oxygens (including phenoxy) is 4. The molecule has 5 aromatic carbocycles. The van der Waals surface area contributed by atoms with Gasteiger partial charge in [0.05, 0.1) is 46.8 Å². The molecule has 0 saturated carbocycles. The maximum atomic E-state index is 13.0. The highest BCUT2D eigenvalue weighted by atomic mass is 16.5. The van der Waals surface area contributed by atoms with Gasteiger partial charge in [-0.1, -0.05) is 121 Å². The minimum atomic E-state index is -0.637. The van der Waals surface area contributed by atoms with E-state index in [4.69, 9.17) is 18.9 Å². The van der Waals surface area contributed by atoms with Crippen LogP contribution < -0.4 is 9.47 Å². The zero-order valence-electron chi connectivity index (χ0n) is 37.2. The van der Waals surface area contributed by atoms with Gasteiger partial charge in [0.1, 0.15) is 11.5 Å². The summed E-state index contributed by atoms with van der Waals surface area (Å²) in [4.78, 5) is 59.8. The summed E-state index contributed by atoms with van der Waals surface area (Å²) in [6.07, 6.45) is 19.6. The summed E-state index contributed by atoms with van der Waals surface area (Å²) in [6.45, 7) is 5.27. The van der Waals surface area contributed by atoms with E-state index in [1.807, 2.05) is 24.3 Å². The van der Waals surface area contributed by atoms with E-state index in [1.54, 1.807) is 103 Å². The fraction of sp³-hybridized carbons (Fsp3) is 0.333. The Morgan fingerprint density at radius 3 is 1.14 bits per heavy atom. The standard InChI is InChI=1S/C54H60N2O8/c1-3-5-7-9-11-13-15-36-61-51(57)43-24-20-41(21-25-43)39-55-47-28-32-49(33-29-47)63-53(59)45-18-17-19-46(38-45)54(60)64-50-34-30-48(31-35-50)56-40-42-22-26-44(27-23-42)52(58)62-37-16-14-12-10-8-6-4-2/h17-35,38-40H,3-16,36-37H2,1-2H3. The maximum absolute atomic E-state index is 13.0. The molecule has 0 amide bonds. The van der Waals surface area contributed by atoms with E-state index in [2.05, 4.69) is 23.8 Å². The van der Waals surface area contributed by atoms with Gasteiger partial charge in [0.25, 0.3) is 0 Å². The van der Waals surface area contributed by atoms with Crippen LogP contribution in [0.1, 0.15) is 156 Å². The second-order valence-electron chi connectivity index (χ2n) is 15.6. The molecule has 0 bridgehead atoms. The first-order chi connectivity index (χ1) is 31.3. The van der Waals surface area contributed by atoms with E-state index in [0.717, 1.165) is 36.8 Å². The summed E-state index contributed by atoms with van der Waals surface area (Å²) in [6, 6.07) is 33.7. The van der Waals surface area contributed by atoms with Gasteiger partial charge in [0.2, 0.25) is 0 Å². The first kappa shape index (κ1) is 48.4. The second kappa shape index (κ2) is 27.4. The molecule has 0 fully saturated rings. The highest BCUT2D eigenvalue weighted by Crippen LogP contribution is 2.22. The normalized spacial score (nSPS) is 11.2. The van der Waals surface area contributed by atoms with Crippen LogP contribution in [-0.2, 0) is 9.47 Å². The fourth-order valence-electron chi connectivity index (χ4n) is 6.63. The third-order valence-corrected chi connectivity index (χ3v) is 10.4. The quantitative estimate of drug-likeness (QED) is 0.0232. The van der Waals surface area contributed by atoms with E-state index in [0.29, 0.717) is 47.2 Å². The number of hydrogen-bond donors (Lipinski definition) is 0. The van der Waals surface area contributed by atoms with Crippen LogP contribution in [0.2, 0.25) is 0 Å². The van der Waals surface area contributed by atoms with Crippen molar-refractivity contribution in [1.29, 1.82) is 0 Å². The Bertz CT molecular complexity index is 2110. The van der Waals surface area contributed by atoms with Crippen molar-refractivity contribution in [1.82, 2.24) is 0 Å². The van der Waals surface area contributed by atoms with Crippen molar-refractivity contribution in [3.8, 4) is 11.5 Å². The second-order valence-corrected chi connectivity index (χ2v) is 15.6. The van der Waals surface area contributed by atoms with Crippen molar-refractivity contribution in [3.63, 3.8) is 0 Å². The molecule has 0 N–H and O–H groups in total. The average molecular weight is 865 g/mol. The molecule has 334 valence electrons. The number of rotatable bonds is 26. The summed E-state index contributed by atoms with van der Waals surface area (Å²) < 4.78 is 22.0. The lowest BCUT2D eigenvalue weighted by Crippen LogP contribution is -2.12. The molecular weight excluding hydrogens is 805 g/mol. The molecule has 0 aliphatic carbocycles. The van der Waals surface area contributed by atoms with E-state index in [1.165, 1.54) is 70.3 Å². The number of hydrogen-bond acceptors (Lipinski definition) is 10. The van der Waals surface area contributed by atoms with E-state index in [-0.39, 0.29) is 23.1 Å². The Morgan fingerprint density at radius 2 is 0.766 bits per heavy atom. The van der Waals surface area contributed by atoms with Gasteiger partial charge in [0, 0.05) is 12.4 Å². The molecule has 5 rings (SSSR count).